The number of fused-ring (bicyclic) bond motifs is 1. The molecule has 0 atom stereocenters. The summed E-state index contributed by atoms with van der Waals surface area (Å²) in [6.45, 7) is 6.17. The number of benzene rings is 3. The topological polar surface area (TPSA) is 36.3 Å². The summed E-state index contributed by atoms with van der Waals surface area (Å²) in [5.41, 5.74) is 4.49. The number of nitrogens with zero attached hydrogens (tertiary/aromatic N) is 2. The highest BCUT2D eigenvalue weighted by atomic mass is 35.5. The molecule has 160 valence electrons. The molecule has 5 heteroatoms. The van der Waals surface area contributed by atoms with E-state index in [9.17, 15) is 0 Å². The Kier molecular flexibility index (Phi) is 6.78. The van der Waals surface area contributed by atoms with Crippen LogP contribution in [0.1, 0.15) is 29.8 Å². The molecule has 0 N–H and O–H groups in total. The number of para-hydroxylation sites is 3. The van der Waals surface area contributed by atoms with E-state index in [0.717, 1.165) is 47.7 Å². The molecule has 0 aliphatic carbocycles. The molecule has 1 heterocycles. The van der Waals surface area contributed by atoms with Crippen LogP contribution in [-0.2, 0) is 13.2 Å². The van der Waals surface area contributed by atoms with Gasteiger partial charge in [-0.25, -0.2) is 4.98 Å². The maximum absolute atomic E-state index is 6.06. The molecular formula is C26H27ClN2O2. The number of hydrogen-bond acceptors (Lipinski definition) is 3. The van der Waals surface area contributed by atoms with Crippen molar-refractivity contribution in [3.8, 4) is 11.5 Å². The molecule has 0 aliphatic rings. The first-order chi connectivity index (χ1) is 15.1. The summed E-state index contributed by atoms with van der Waals surface area (Å²) in [6.07, 6.45) is 1.97. The molecule has 0 radical (unpaired) electrons. The van der Waals surface area contributed by atoms with Crippen molar-refractivity contribution < 1.29 is 9.47 Å². The first-order valence-electron chi connectivity index (χ1n) is 10.6. The third-order valence-electron chi connectivity index (χ3n) is 5.35. The van der Waals surface area contributed by atoms with Crippen LogP contribution in [0.2, 0.25) is 5.02 Å². The second-order valence-corrected chi connectivity index (χ2v) is 8.12. The van der Waals surface area contributed by atoms with Crippen molar-refractivity contribution in [3.05, 3.63) is 88.7 Å². The van der Waals surface area contributed by atoms with Crippen molar-refractivity contribution in [2.45, 2.75) is 39.8 Å². The average molecular weight is 435 g/mol. The van der Waals surface area contributed by atoms with E-state index in [1.807, 2.05) is 36.4 Å². The Hall–Kier alpha value is -2.98. The maximum atomic E-state index is 6.06. The van der Waals surface area contributed by atoms with Gasteiger partial charge in [-0.05, 0) is 74.2 Å². The first kappa shape index (κ1) is 21.3. The van der Waals surface area contributed by atoms with Crippen molar-refractivity contribution in [2.24, 2.45) is 0 Å². The molecule has 0 saturated carbocycles. The molecule has 31 heavy (non-hydrogen) atoms. The van der Waals surface area contributed by atoms with Gasteiger partial charge in [0, 0.05) is 11.6 Å². The molecule has 0 spiro atoms. The van der Waals surface area contributed by atoms with Gasteiger partial charge in [0.05, 0.1) is 17.6 Å². The average Bonchev–Trinajstić information content (AvgIpc) is 3.12. The summed E-state index contributed by atoms with van der Waals surface area (Å²) in [5, 5.41) is 0.697. The minimum atomic E-state index is 0.412. The van der Waals surface area contributed by atoms with Gasteiger partial charge in [-0.15, -0.1) is 0 Å². The summed E-state index contributed by atoms with van der Waals surface area (Å²) in [7, 11) is 0. The number of halogens is 1. The van der Waals surface area contributed by atoms with Crippen molar-refractivity contribution in [1.29, 1.82) is 0 Å². The van der Waals surface area contributed by atoms with Crippen LogP contribution in [0.25, 0.3) is 11.0 Å². The zero-order valence-corrected chi connectivity index (χ0v) is 18.7. The van der Waals surface area contributed by atoms with Crippen LogP contribution in [-0.4, -0.2) is 16.2 Å². The van der Waals surface area contributed by atoms with Crippen molar-refractivity contribution in [1.82, 2.24) is 9.55 Å². The highest BCUT2D eigenvalue weighted by Gasteiger charge is 2.11. The molecule has 4 nitrogen and oxygen atoms in total. The van der Waals surface area contributed by atoms with E-state index in [4.69, 9.17) is 26.1 Å². The van der Waals surface area contributed by atoms with Gasteiger partial charge in [0.15, 0.2) is 0 Å². The number of aryl methyl sites for hydroxylation is 3. The molecule has 0 aliphatic heterocycles. The number of ether oxygens (including phenoxy) is 2. The third-order valence-corrected chi connectivity index (χ3v) is 5.60. The quantitative estimate of drug-likeness (QED) is 0.273. The summed E-state index contributed by atoms with van der Waals surface area (Å²) >= 11 is 5.96. The van der Waals surface area contributed by atoms with Gasteiger partial charge in [0.2, 0.25) is 0 Å². The maximum Gasteiger partial charge on any atom is 0.147 e. The van der Waals surface area contributed by atoms with E-state index >= 15 is 0 Å². The SMILES string of the molecule is Cc1cccc(C)c1OCCCCn1c(COc2ccc(Cl)cc2)nc2ccccc21. The molecule has 0 fully saturated rings. The van der Waals surface area contributed by atoms with E-state index in [1.165, 1.54) is 11.1 Å². The summed E-state index contributed by atoms with van der Waals surface area (Å²) in [5.74, 6) is 2.71. The molecule has 0 saturated heterocycles. The van der Waals surface area contributed by atoms with Gasteiger partial charge in [0.25, 0.3) is 0 Å². The number of imidazole rings is 1. The van der Waals surface area contributed by atoms with E-state index in [-0.39, 0.29) is 0 Å². The molecule has 0 bridgehead atoms. The monoisotopic (exact) mass is 434 g/mol. The molecule has 0 unspecified atom stereocenters. The van der Waals surface area contributed by atoms with Gasteiger partial charge in [-0.1, -0.05) is 41.9 Å². The van der Waals surface area contributed by atoms with Crippen LogP contribution in [0.3, 0.4) is 0 Å². The Morgan fingerprint density at radius 2 is 1.58 bits per heavy atom. The predicted molar refractivity (Wildman–Crippen MR) is 126 cm³/mol. The smallest absolute Gasteiger partial charge is 0.147 e. The van der Waals surface area contributed by atoms with Gasteiger partial charge in [0.1, 0.15) is 23.9 Å². The van der Waals surface area contributed by atoms with Crippen LogP contribution in [0.5, 0.6) is 11.5 Å². The number of aromatic nitrogens is 2. The highest BCUT2D eigenvalue weighted by molar-refractivity contribution is 6.30. The molecule has 0 amide bonds. The summed E-state index contributed by atoms with van der Waals surface area (Å²) in [6, 6.07) is 21.9. The summed E-state index contributed by atoms with van der Waals surface area (Å²) in [4.78, 5) is 4.80. The van der Waals surface area contributed by atoms with Crippen molar-refractivity contribution >= 4 is 22.6 Å². The lowest BCUT2D eigenvalue weighted by atomic mass is 10.1. The summed E-state index contributed by atoms with van der Waals surface area (Å²) < 4.78 is 14.3. The van der Waals surface area contributed by atoms with Gasteiger partial charge in [-0.3, -0.25) is 0 Å². The minimum Gasteiger partial charge on any atom is -0.493 e. The predicted octanol–water partition coefficient (Wildman–Crippen LogP) is 6.74. The lowest BCUT2D eigenvalue weighted by molar-refractivity contribution is 0.284. The second-order valence-electron chi connectivity index (χ2n) is 7.69. The normalized spacial score (nSPS) is 11.1. The number of hydrogen-bond donors (Lipinski definition) is 0. The number of rotatable bonds is 9. The van der Waals surface area contributed by atoms with E-state index in [2.05, 4.69) is 48.7 Å². The molecule has 4 rings (SSSR count). The fourth-order valence-corrected chi connectivity index (χ4v) is 3.86. The van der Waals surface area contributed by atoms with Crippen molar-refractivity contribution in [2.75, 3.05) is 6.61 Å². The van der Waals surface area contributed by atoms with Crippen LogP contribution >= 0.6 is 11.6 Å². The zero-order chi connectivity index (χ0) is 21.6. The van der Waals surface area contributed by atoms with E-state index in [1.54, 1.807) is 0 Å². The Labute approximate surface area is 188 Å². The fraction of sp³-hybridized carbons (Fsp3) is 0.269. The largest absolute Gasteiger partial charge is 0.493 e. The lowest BCUT2D eigenvalue weighted by Gasteiger charge is -2.13. The van der Waals surface area contributed by atoms with Crippen LogP contribution in [0.15, 0.2) is 66.7 Å². The van der Waals surface area contributed by atoms with Crippen LogP contribution < -0.4 is 9.47 Å². The molecule has 3 aromatic carbocycles. The zero-order valence-electron chi connectivity index (χ0n) is 18.0. The van der Waals surface area contributed by atoms with E-state index < -0.39 is 0 Å². The highest BCUT2D eigenvalue weighted by Crippen LogP contribution is 2.23. The Bertz CT molecular complexity index is 1130. The number of unbranched alkanes of at least 4 members (excludes halogenated alkanes) is 1. The van der Waals surface area contributed by atoms with Gasteiger partial charge in [-0.2, -0.15) is 0 Å². The first-order valence-corrected chi connectivity index (χ1v) is 11.0. The molecular weight excluding hydrogens is 408 g/mol. The standard InChI is InChI=1S/C26H27ClN2O2/c1-19-8-7-9-20(2)26(19)30-17-6-5-16-29-24-11-4-3-10-23(24)28-25(29)18-31-22-14-12-21(27)13-15-22/h3-4,7-15H,5-6,16-18H2,1-2H3. The fourth-order valence-electron chi connectivity index (χ4n) is 3.74. The molecule has 4 aromatic rings. The Morgan fingerprint density at radius 1 is 0.839 bits per heavy atom. The minimum absolute atomic E-state index is 0.412. The third kappa shape index (κ3) is 5.20. The van der Waals surface area contributed by atoms with Gasteiger partial charge >= 0.3 is 0 Å². The lowest BCUT2D eigenvalue weighted by Crippen LogP contribution is -2.09. The second kappa shape index (κ2) is 9.88. The Morgan fingerprint density at radius 3 is 2.35 bits per heavy atom. The van der Waals surface area contributed by atoms with E-state index in [0.29, 0.717) is 18.2 Å². The Balaban J connectivity index is 1.39. The van der Waals surface area contributed by atoms with Gasteiger partial charge < -0.3 is 14.0 Å². The molecule has 1 aromatic heterocycles. The van der Waals surface area contributed by atoms with Crippen LogP contribution in [0, 0.1) is 13.8 Å². The van der Waals surface area contributed by atoms with Crippen molar-refractivity contribution in [3.63, 3.8) is 0 Å². The van der Waals surface area contributed by atoms with Crippen LogP contribution in [0.4, 0.5) is 0 Å².